The van der Waals surface area contributed by atoms with E-state index in [9.17, 15) is 0 Å². The number of rotatable bonds is 4. The Balaban J connectivity index is 2.12. The lowest BCUT2D eigenvalue weighted by molar-refractivity contribution is 0.410. The molecule has 1 N–H and O–H groups in total. The van der Waals surface area contributed by atoms with E-state index in [0.717, 1.165) is 32.0 Å². The zero-order valence-electron chi connectivity index (χ0n) is 9.81. The van der Waals surface area contributed by atoms with E-state index in [-0.39, 0.29) is 0 Å². The maximum Gasteiger partial charge on any atom is 0.225 e. The lowest BCUT2D eigenvalue weighted by Crippen LogP contribution is -2.37. The standard InChI is InChI=1S/C11H18N4O/c1-3-15(9-4-5-12-6-9)11-13-7-10(16-2)8-14-11/h7-9,12H,3-6H2,1-2H3. The van der Waals surface area contributed by atoms with Crippen LogP contribution >= 0.6 is 0 Å². The molecule has 5 nitrogen and oxygen atoms in total. The Morgan fingerprint density at radius 3 is 2.75 bits per heavy atom. The second-order valence-corrected chi connectivity index (χ2v) is 3.86. The Morgan fingerprint density at radius 2 is 2.25 bits per heavy atom. The van der Waals surface area contributed by atoms with Crippen molar-refractivity contribution in [3.8, 4) is 5.75 Å². The van der Waals surface area contributed by atoms with Crippen LogP contribution in [0.25, 0.3) is 0 Å². The first kappa shape index (κ1) is 11.1. The summed E-state index contributed by atoms with van der Waals surface area (Å²) in [7, 11) is 1.62. The fourth-order valence-corrected chi connectivity index (χ4v) is 2.03. The Labute approximate surface area is 95.8 Å². The summed E-state index contributed by atoms with van der Waals surface area (Å²) in [5.41, 5.74) is 0. The molecule has 0 aromatic carbocycles. The summed E-state index contributed by atoms with van der Waals surface area (Å²) in [5, 5.41) is 3.36. The van der Waals surface area contributed by atoms with Crippen molar-refractivity contribution in [1.29, 1.82) is 0 Å². The molecule has 1 aromatic rings. The van der Waals surface area contributed by atoms with Crippen LogP contribution in [0.15, 0.2) is 12.4 Å². The third kappa shape index (κ3) is 2.24. The van der Waals surface area contributed by atoms with Gasteiger partial charge in [-0.05, 0) is 19.9 Å². The third-order valence-electron chi connectivity index (χ3n) is 2.92. The van der Waals surface area contributed by atoms with Crippen molar-refractivity contribution in [2.24, 2.45) is 0 Å². The molecule has 1 atom stereocenters. The molecule has 2 heterocycles. The fourth-order valence-electron chi connectivity index (χ4n) is 2.03. The normalized spacial score (nSPS) is 19.8. The zero-order valence-corrected chi connectivity index (χ0v) is 9.81. The highest BCUT2D eigenvalue weighted by Gasteiger charge is 2.22. The van der Waals surface area contributed by atoms with Crippen molar-refractivity contribution >= 4 is 5.95 Å². The van der Waals surface area contributed by atoms with E-state index in [4.69, 9.17) is 4.74 Å². The second-order valence-electron chi connectivity index (χ2n) is 3.86. The first-order valence-electron chi connectivity index (χ1n) is 5.68. The van der Waals surface area contributed by atoms with Gasteiger partial charge in [0.2, 0.25) is 5.95 Å². The molecule has 1 aromatic heterocycles. The monoisotopic (exact) mass is 222 g/mol. The number of hydrogen-bond donors (Lipinski definition) is 1. The van der Waals surface area contributed by atoms with Crippen molar-refractivity contribution in [1.82, 2.24) is 15.3 Å². The molecular formula is C11H18N4O. The Kier molecular flexibility index (Phi) is 3.56. The highest BCUT2D eigenvalue weighted by atomic mass is 16.5. The average molecular weight is 222 g/mol. The maximum absolute atomic E-state index is 5.05. The summed E-state index contributed by atoms with van der Waals surface area (Å²) in [5.74, 6) is 1.49. The second kappa shape index (κ2) is 5.12. The molecule has 1 fully saturated rings. The molecule has 16 heavy (non-hydrogen) atoms. The van der Waals surface area contributed by atoms with E-state index in [0.29, 0.717) is 11.8 Å². The molecule has 88 valence electrons. The first-order chi connectivity index (χ1) is 7.85. The smallest absolute Gasteiger partial charge is 0.225 e. The minimum atomic E-state index is 0.512. The lowest BCUT2D eigenvalue weighted by atomic mass is 10.2. The SMILES string of the molecule is CCN(c1ncc(OC)cn1)C1CCNC1. The third-order valence-corrected chi connectivity index (χ3v) is 2.92. The molecular weight excluding hydrogens is 204 g/mol. The highest BCUT2D eigenvalue weighted by Crippen LogP contribution is 2.16. The number of ether oxygens (including phenoxy) is 1. The van der Waals surface area contributed by atoms with Gasteiger partial charge in [0, 0.05) is 19.1 Å². The van der Waals surface area contributed by atoms with Crippen molar-refractivity contribution in [2.75, 3.05) is 31.6 Å². The van der Waals surface area contributed by atoms with Crippen molar-refractivity contribution in [2.45, 2.75) is 19.4 Å². The summed E-state index contributed by atoms with van der Waals surface area (Å²) < 4.78 is 5.05. The molecule has 5 heteroatoms. The van der Waals surface area contributed by atoms with Gasteiger partial charge in [0.05, 0.1) is 19.5 Å². The van der Waals surface area contributed by atoms with Gasteiger partial charge in [-0.1, -0.05) is 0 Å². The van der Waals surface area contributed by atoms with E-state index in [1.807, 2.05) is 0 Å². The van der Waals surface area contributed by atoms with Gasteiger partial charge in [0.25, 0.3) is 0 Å². The van der Waals surface area contributed by atoms with E-state index in [1.165, 1.54) is 0 Å². The molecule has 0 aliphatic carbocycles. The number of anilines is 1. The highest BCUT2D eigenvalue weighted by molar-refractivity contribution is 5.33. The lowest BCUT2D eigenvalue weighted by Gasteiger charge is -2.26. The number of hydrogen-bond acceptors (Lipinski definition) is 5. The molecule has 0 saturated carbocycles. The number of aromatic nitrogens is 2. The predicted octanol–water partition coefficient (Wildman–Crippen LogP) is 0.673. The van der Waals surface area contributed by atoms with Crippen LogP contribution < -0.4 is 15.0 Å². The number of nitrogens with one attached hydrogen (secondary N) is 1. The van der Waals surface area contributed by atoms with Crippen LogP contribution in [-0.4, -0.2) is 42.8 Å². The topological polar surface area (TPSA) is 50.3 Å². The van der Waals surface area contributed by atoms with Crippen molar-refractivity contribution in [3.63, 3.8) is 0 Å². The fraction of sp³-hybridized carbons (Fsp3) is 0.636. The van der Waals surface area contributed by atoms with Crippen LogP contribution in [0.5, 0.6) is 5.75 Å². The summed E-state index contributed by atoms with van der Waals surface area (Å²) >= 11 is 0. The molecule has 1 saturated heterocycles. The van der Waals surface area contributed by atoms with Crippen LogP contribution in [0, 0.1) is 0 Å². The molecule has 2 rings (SSSR count). The largest absolute Gasteiger partial charge is 0.494 e. The Bertz CT molecular complexity index is 321. The Hall–Kier alpha value is -1.36. The molecule has 0 amide bonds. The molecule has 0 radical (unpaired) electrons. The molecule has 1 aliphatic heterocycles. The van der Waals surface area contributed by atoms with Crippen LogP contribution in [0.4, 0.5) is 5.95 Å². The van der Waals surface area contributed by atoms with Crippen LogP contribution in [0.2, 0.25) is 0 Å². The summed E-state index contributed by atoms with van der Waals surface area (Å²) in [4.78, 5) is 10.9. The van der Waals surface area contributed by atoms with Crippen LogP contribution in [0.1, 0.15) is 13.3 Å². The van der Waals surface area contributed by atoms with Crippen molar-refractivity contribution < 1.29 is 4.74 Å². The van der Waals surface area contributed by atoms with Gasteiger partial charge >= 0.3 is 0 Å². The van der Waals surface area contributed by atoms with E-state index in [2.05, 4.69) is 27.1 Å². The number of likely N-dealkylation sites (N-methyl/N-ethyl adjacent to an activating group) is 1. The van der Waals surface area contributed by atoms with E-state index in [1.54, 1.807) is 19.5 Å². The van der Waals surface area contributed by atoms with Crippen LogP contribution in [0.3, 0.4) is 0 Å². The quantitative estimate of drug-likeness (QED) is 0.811. The number of methoxy groups -OCH3 is 1. The van der Waals surface area contributed by atoms with E-state index >= 15 is 0 Å². The van der Waals surface area contributed by atoms with Gasteiger partial charge in [0.1, 0.15) is 0 Å². The minimum Gasteiger partial charge on any atom is -0.494 e. The average Bonchev–Trinajstić information content (AvgIpc) is 2.85. The van der Waals surface area contributed by atoms with Gasteiger partial charge in [-0.25, -0.2) is 9.97 Å². The first-order valence-corrected chi connectivity index (χ1v) is 5.68. The zero-order chi connectivity index (χ0) is 11.4. The predicted molar refractivity (Wildman–Crippen MR) is 62.9 cm³/mol. The summed E-state index contributed by atoms with van der Waals surface area (Å²) in [6, 6.07) is 0.512. The van der Waals surface area contributed by atoms with Crippen LogP contribution in [-0.2, 0) is 0 Å². The van der Waals surface area contributed by atoms with Gasteiger partial charge in [0.15, 0.2) is 5.75 Å². The maximum atomic E-state index is 5.05. The minimum absolute atomic E-state index is 0.512. The van der Waals surface area contributed by atoms with Gasteiger partial charge in [-0.3, -0.25) is 0 Å². The summed E-state index contributed by atoms with van der Waals surface area (Å²) in [6.45, 7) is 5.16. The van der Waals surface area contributed by atoms with Gasteiger partial charge < -0.3 is 15.0 Å². The van der Waals surface area contributed by atoms with E-state index < -0.39 is 0 Å². The van der Waals surface area contributed by atoms with Gasteiger partial charge in [-0.15, -0.1) is 0 Å². The van der Waals surface area contributed by atoms with Gasteiger partial charge in [-0.2, -0.15) is 0 Å². The molecule has 0 bridgehead atoms. The summed E-state index contributed by atoms with van der Waals surface area (Å²) in [6.07, 6.45) is 4.59. The molecule has 0 spiro atoms. The number of nitrogens with zero attached hydrogens (tertiary/aromatic N) is 3. The molecule has 1 aliphatic rings. The molecule has 1 unspecified atom stereocenters. The van der Waals surface area contributed by atoms with Crippen molar-refractivity contribution in [3.05, 3.63) is 12.4 Å². The Morgan fingerprint density at radius 1 is 1.50 bits per heavy atom.